The van der Waals surface area contributed by atoms with Crippen LogP contribution in [0.3, 0.4) is 0 Å². The van der Waals surface area contributed by atoms with E-state index in [0.717, 1.165) is 31.3 Å². The number of hydrogen-bond donors (Lipinski definition) is 2. The molecule has 0 unspecified atom stereocenters. The average molecular weight is 383 g/mol. The van der Waals surface area contributed by atoms with E-state index < -0.39 is 5.91 Å². The lowest BCUT2D eigenvalue weighted by Crippen LogP contribution is -2.33. The third-order valence-electron chi connectivity index (χ3n) is 4.53. The van der Waals surface area contributed by atoms with Crippen LogP contribution in [-0.2, 0) is 0 Å². The van der Waals surface area contributed by atoms with Crippen molar-refractivity contribution >= 4 is 45.6 Å². The quantitative estimate of drug-likeness (QED) is 0.661. The van der Waals surface area contributed by atoms with Crippen LogP contribution < -0.4 is 15.5 Å². The van der Waals surface area contributed by atoms with Gasteiger partial charge in [0, 0.05) is 24.2 Å². The summed E-state index contributed by atoms with van der Waals surface area (Å²) in [5.41, 5.74) is 1.70. The van der Waals surface area contributed by atoms with Crippen molar-refractivity contribution in [2.75, 3.05) is 23.3 Å². The van der Waals surface area contributed by atoms with Gasteiger partial charge in [-0.2, -0.15) is 0 Å². The van der Waals surface area contributed by atoms with Crippen molar-refractivity contribution in [2.24, 2.45) is 0 Å². The number of halogens is 1. The van der Waals surface area contributed by atoms with Gasteiger partial charge in [-0.15, -0.1) is 0 Å². The van der Waals surface area contributed by atoms with Crippen LogP contribution in [0.4, 0.5) is 15.8 Å². The van der Waals surface area contributed by atoms with Gasteiger partial charge in [-0.25, -0.2) is 4.39 Å². The number of carbonyl (C=O) groups excluding carboxylic acids is 1. The summed E-state index contributed by atoms with van der Waals surface area (Å²) < 4.78 is 19.9. The van der Waals surface area contributed by atoms with Gasteiger partial charge in [0.1, 0.15) is 11.4 Å². The SMILES string of the molecule is O=C(NC(=S)Nc1ccc(N2CCCC2)c(F)c1)c1cc2ccccc2o1. The fraction of sp³-hybridized carbons (Fsp3) is 0.200. The molecule has 3 aromatic rings. The third kappa shape index (κ3) is 3.78. The average Bonchev–Trinajstić information content (AvgIpc) is 3.31. The van der Waals surface area contributed by atoms with Gasteiger partial charge in [0.15, 0.2) is 10.9 Å². The summed E-state index contributed by atoms with van der Waals surface area (Å²) in [7, 11) is 0. The lowest BCUT2D eigenvalue weighted by Gasteiger charge is -2.19. The largest absolute Gasteiger partial charge is 0.451 e. The number of para-hydroxylation sites is 1. The van der Waals surface area contributed by atoms with E-state index in [4.69, 9.17) is 16.6 Å². The minimum atomic E-state index is -0.460. The molecule has 1 aliphatic heterocycles. The van der Waals surface area contributed by atoms with Crippen molar-refractivity contribution < 1.29 is 13.6 Å². The van der Waals surface area contributed by atoms with Crippen LogP contribution in [0, 0.1) is 5.82 Å². The van der Waals surface area contributed by atoms with E-state index in [9.17, 15) is 9.18 Å². The number of amides is 1. The second-order valence-electron chi connectivity index (χ2n) is 6.42. The predicted molar refractivity (Wildman–Crippen MR) is 108 cm³/mol. The third-order valence-corrected chi connectivity index (χ3v) is 4.73. The molecule has 0 saturated carbocycles. The summed E-state index contributed by atoms with van der Waals surface area (Å²) in [5, 5.41) is 6.30. The number of rotatable bonds is 3. The van der Waals surface area contributed by atoms with Gasteiger partial charge in [-0.05, 0) is 55.4 Å². The standard InChI is InChI=1S/C20H18FN3O2S/c21-15-12-14(7-8-16(15)24-9-3-4-10-24)22-20(27)23-19(25)18-11-13-5-1-2-6-17(13)26-18/h1-2,5-8,11-12H,3-4,9-10H2,(H2,22,23,25,27). The summed E-state index contributed by atoms with van der Waals surface area (Å²) in [6, 6.07) is 13.9. The Kier molecular flexibility index (Phi) is 4.77. The number of nitrogens with zero attached hydrogens (tertiary/aromatic N) is 1. The molecule has 0 atom stereocenters. The Morgan fingerprint density at radius 3 is 2.63 bits per heavy atom. The fourth-order valence-electron chi connectivity index (χ4n) is 3.22. The zero-order chi connectivity index (χ0) is 18.8. The van der Waals surface area contributed by atoms with Gasteiger partial charge >= 0.3 is 0 Å². The monoisotopic (exact) mass is 383 g/mol. The Morgan fingerprint density at radius 1 is 1.11 bits per heavy atom. The summed E-state index contributed by atoms with van der Waals surface area (Å²) in [4.78, 5) is 14.3. The minimum Gasteiger partial charge on any atom is -0.451 e. The van der Waals surface area contributed by atoms with E-state index >= 15 is 0 Å². The smallest absolute Gasteiger partial charge is 0.293 e. The highest BCUT2D eigenvalue weighted by Gasteiger charge is 2.17. The van der Waals surface area contributed by atoms with Gasteiger partial charge in [-0.1, -0.05) is 18.2 Å². The van der Waals surface area contributed by atoms with Crippen LogP contribution in [0.1, 0.15) is 23.4 Å². The second-order valence-corrected chi connectivity index (χ2v) is 6.83. The Bertz CT molecular complexity index is 978. The van der Waals surface area contributed by atoms with Gasteiger partial charge in [0.25, 0.3) is 5.91 Å². The first kappa shape index (κ1) is 17.5. The van der Waals surface area contributed by atoms with Crippen molar-refractivity contribution in [3.8, 4) is 0 Å². The molecule has 1 aromatic heterocycles. The maximum absolute atomic E-state index is 14.4. The van der Waals surface area contributed by atoms with Gasteiger partial charge in [0.05, 0.1) is 5.69 Å². The van der Waals surface area contributed by atoms with Crippen molar-refractivity contribution in [1.82, 2.24) is 5.32 Å². The van der Waals surface area contributed by atoms with Crippen LogP contribution in [-0.4, -0.2) is 24.1 Å². The first-order chi connectivity index (χ1) is 13.1. The maximum atomic E-state index is 14.4. The molecule has 4 rings (SSSR count). The summed E-state index contributed by atoms with van der Waals surface area (Å²) >= 11 is 5.16. The molecule has 5 nitrogen and oxygen atoms in total. The first-order valence-corrected chi connectivity index (χ1v) is 9.16. The number of carbonyl (C=O) groups is 1. The van der Waals surface area contributed by atoms with Crippen LogP contribution >= 0.6 is 12.2 Å². The predicted octanol–water partition coefficient (Wildman–Crippen LogP) is 4.30. The highest BCUT2D eigenvalue weighted by molar-refractivity contribution is 7.80. The number of benzene rings is 2. The van der Waals surface area contributed by atoms with E-state index in [0.29, 0.717) is 17.0 Å². The molecule has 0 bridgehead atoms. The molecule has 138 valence electrons. The van der Waals surface area contributed by atoms with Crippen molar-refractivity contribution in [2.45, 2.75) is 12.8 Å². The fourth-order valence-corrected chi connectivity index (χ4v) is 3.43. The number of thiocarbonyl (C=S) groups is 1. The summed E-state index contributed by atoms with van der Waals surface area (Å²) in [5.74, 6) is -0.609. The Morgan fingerprint density at radius 2 is 1.89 bits per heavy atom. The van der Waals surface area contributed by atoms with E-state index in [-0.39, 0.29) is 16.7 Å². The van der Waals surface area contributed by atoms with E-state index in [1.54, 1.807) is 24.3 Å². The molecular weight excluding hydrogens is 365 g/mol. The molecule has 7 heteroatoms. The molecule has 2 aromatic carbocycles. The van der Waals surface area contributed by atoms with Crippen LogP contribution in [0.25, 0.3) is 11.0 Å². The van der Waals surface area contributed by atoms with E-state index in [1.165, 1.54) is 6.07 Å². The molecule has 27 heavy (non-hydrogen) atoms. The van der Waals surface area contributed by atoms with Crippen molar-refractivity contribution in [1.29, 1.82) is 0 Å². The summed E-state index contributed by atoms with van der Waals surface area (Å²) in [6.07, 6.45) is 2.16. The number of hydrogen-bond acceptors (Lipinski definition) is 4. The van der Waals surface area contributed by atoms with Crippen molar-refractivity contribution in [3.63, 3.8) is 0 Å². The molecule has 1 amide bonds. The molecule has 0 radical (unpaired) electrons. The molecule has 1 aliphatic rings. The molecular formula is C20H18FN3O2S. The van der Waals surface area contributed by atoms with Crippen molar-refractivity contribution in [3.05, 3.63) is 60.1 Å². The number of fused-ring (bicyclic) bond motifs is 1. The number of furan rings is 1. The second kappa shape index (κ2) is 7.36. The van der Waals surface area contributed by atoms with E-state index in [1.807, 2.05) is 23.1 Å². The van der Waals surface area contributed by atoms with E-state index in [2.05, 4.69) is 10.6 Å². The molecule has 1 fully saturated rings. The molecule has 2 N–H and O–H groups in total. The number of anilines is 2. The normalized spacial score (nSPS) is 13.7. The zero-order valence-corrected chi connectivity index (χ0v) is 15.3. The highest BCUT2D eigenvalue weighted by atomic mass is 32.1. The van der Waals surface area contributed by atoms with Gasteiger partial charge < -0.3 is 14.6 Å². The molecule has 2 heterocycles. The van der Waals surface area contributed by atoms with Gasteiger partial charge in [-0.3, -0.25) is 10.1 Å². The number of nitrogens with one attached hydrogen (secondary N) is 2. The van der Waals surface area contributed by atoms with Crippen LogP contribution in [0.5, 0.6) is 0 Å². The maximum Gasteiger partial charge on any atom is 0.293 e. The molecule has 1 saturated heterocycles. The topological polar surface area (TPSA) is 57.5 Å². The summed E-state index contributed by atoms with van der Waals surface area (Å²) in [6.45, 7) is 1.74. The van der Waals surface area contributed by atoms with Crippen LogP contribution in [0.15, 0.2) is 52.9 Å². The molecule has 0 aliphatic carbocycles. The lowest BCUT2D eigenvalue weighted by atomic mass is 10.2. The Labute approximate surface area is 161 Å². The van der Waals surface area contributed by atoms with Gasteiger partial charge in [0.2, 0.25) is 0 Å². The lowest BCUT2D eigenvalue weighted by molar-refractivity contribution is 0.0953. The highest BCUT2D eigenvalue weighted by Crippen LogP contribution is 2.26. The minimum absolute atomic E-state index is 0.0776. The first-order valence-electron chi connectivity index (χ1n) is 8.75. The molecule has 0 spiro atoms. The Balaban J connectivity index is 1.41. The van der Waals surface area contributed by atoms with Crippen LogP contribution in [0.2, 0.25) is 0 Å². The zero-order valence-electron chi connectivity index (χ0n) is 14.5. The Hall–Kier alpha value is -2.93.